The number of nitrogen functional groups attached to an aromatic ring is 1. The fourth-order valence-corrected chi connectivity index (χ4v) is 3.95. The molecule has 0 radical (unpaired) electrons. The zero-order valence-electron chi connectivity index (χ0n) is 18.3. The van der Waals surface area contributed by atoms with E-state index in [0.29, 0.717) is 43.0 Å². The summed E-state index contributed by atoms with van der Waals surface area (Å²) < 4.78 is 0. The number of amidine groups is 1. The van der Waals surface area contributed by atoms with E-state index in [-0.39, 0.29) is 29.4 Å². The number of nitrogens with zero attached hydrogens (tertiary/aromatic N) is 3. The molecule has 1 saturated carbocycles. The van der Waals surface area contributed by atoms with Crippen LogP contribution in [0.4, 0.5) is 5.82 Å². The van der Waals surface area contributed by atoms with Crippen molar-refractivity contribution in [1.29, 1.82) is 10.7 Å². The van der Waals surface area contributed by atoms with Crippen molar-refractivity contribution in [1.82, 2.24) is 14.8 Å². The number of likely N-dealkylation sites (tertiary alicyclic amines) is 1. The van der Waals surface area contributed by atoms with Gasteiger partial charge in [-0.15, -0.1) is 0 Å². The number of H-pyrrole nitrogens is 1. The lowest BCUT2D eigenvalue weighted by atomic mass is 9.90. The summed E-state index contributed by atoms with van der Waals surface area (Å²) >= 11 is 0. The quantitative estimate of drug-likeness (QED) is 0.363. The summed E-state index contributed by atoms with van der Waals surface area (Å²) in [5, 5.41) is 17.2. The minimum atomic E-state index is -0.828. The van der Waals surface area contributed by atoms with Crippen molar-refractivity contribution in [3.63, 3.8) is 0 Å². The third-order valence-electron chi connectivity index (χ3n) is 6.01. The SMILES string of the molecule is CC.CC1CCN(C(=O)C2(C#N)CC2)CC1N(C)/C(=C(/N)C(=N)N)c1cc[nH]c1N. The molecule has 1 aliphatic carbocycles. The third kappa shape index (κ3) is 4.22. The first-order chi connectivity index (χ1) is 14.2. The normalized spacial score (nSPS) is 22.7. The van der Waals surface area contributed by atoms with E-state index in [4.69, 9.17) is 22.6 Å². The molecule has 1 amide bonds. The lowest BCUT2D eigenvalue weighted by molar-refractivity contribution is -0.137. The van der Waals surface area contributed by atoms with Crippen molar-refractivity contribution in [2.45, 2.75) is 46.1 Å². The second kappa shape index (κ2) is 9.11. The van der Waals surface area contributed by atoms with Gasteiger partial charge in [0.2, 0.25) is 5.91 Å². The first-order valence-corrected chi connectivity index (χ1v) is 10.4. The maximum atomic E-state index is 12.9. The van der Waals surface area contributed by atoms with Gasteiger partial charge < -0.3 is 32.0 Å². The van der Waals surface area contributed by atoms with Gasteiger partial charge in [-0.25, -0.2) is 0 Å². The smallest absolute Gasteiger partial charge is 0.243 e. The van der Waals surface area contributed by atoms with E-state index in [2.05, 4.69) is 18.0 Å². The Kier molecular flexibility index (Phi) is 7.03. The number of carbonyl (C=O) groups is 1. The van der Waals surface area contributed by atoms with Crippen LogP contribution in [0.2, 0.25) is 0 Å². The first-order valence-electron chi connectivity index (χ1n) is 10.4. The standard InChI is InChI=1S/C19H28N8O.C2H6/c1-11-4-8-27(18(28)19(10-20)5-6-19)9-13(11)26(2)15(14(21)16(22)23)12-3-7-25-17(12)24;1-2/h3,7,11,13,25H,4-6,8-9,21,24H2,1-2H3,(H3,22,23);1-2H3/b15-14+;. The largest absolute Gasteiger partial charge is 0.394 e. The molecule has 3 rings (SSSR count). The summed E-state index contributed by atoms with van der Waals surface area (Å²) in [5.41, 5.74) is 18.4. The highest BCUT2D eigenvalue weighted by Crippen LogP contribution is 2.47. The number of hydrogen-bond donors (Lipinski definition) is 5. The summed E-state index contributed by atoms with van der Waals surface area (Å²) in [4.78, 5) is 19.5. The van der Waals surface area contributed by atoms with E-state index < -0.39 is 5.41 Å². The van der Waals surface area contributed by atoms with Crippen LogP contribution in [0.15, 0.2) is 18.0 Å². The van der Waals surface area contributed by atoms with E-state index in [1.54, 1.807) is 17.2 Å². The first kappa shape index (κ1) is 23.1. The van der Waals surface area contributed by atoms with Gasteiger partial charge in [-0.05, 0) is 31.2 Å². The Labute approximate surface area is 178 Å². The van der Waals surface area contributed by atoms with E-state index in [0.717, 1.165) is 6.42 Å². The molecule has 2 unspecified atom stereocenters. The van der Waals surface area contributed by atoms with Gasteiger partial charge in [-0.1, -0.05) is 20.8 Å². The van der Waals surface area contributed by atoms with Crippen LogP contribution in [0.1, 0.15) is 45.6 Å². The average Bonchev–Trinajstić information content (AvgIpc) is 3.45. The molecule has 8 N–H and O–H groups in total. The molecule has 2 aliphatic rings. The lowest BCUT2D eigenvalue weighted by Crippen LogP contribution is -2.53. The van der Waals surface area contributed by atoms with Crippen molar-refractivity contribution >= 4 is 23.3 Å². The number of rotatable bonds is 5. The molecule has 30 heavy (non-hydrogen) atoms. The number of nitrogens with two attached hydrogens (primary N) is 3. The van der Waals surface area contributed by atoms with Gasteiger partial charge in [0.15, 0.2) is 0 Å². The van der Waals surface area contributed by atoms with Crippen molar-refractivity contribution in [2.24, 2.45) is 22.8 Å². The molecule has 9 heteroatoms. The number of likely N-dealkylation sites (N-methyl/N-ethyl adjacent to an activating group) is 1. The van der Waals surface area contributed by atoms with Crippen LogP contribution in [-0.2, 0) is 4.79 Å². The van der Waals surface area contributed by atoms with Crippen LogP contribution in [0, 0.1) is 28.1 Å². The number of nitriles is 1. The predicted octanol–water partition coefficient (Wildman–Crippen LogP) is 1.66. The molecule has 1 aromatic heterocycles. The molecular formula is C21H34N8O. The van der Waals surface area contributed by atoms with Crippen LogP contribution in [0.3, 0.4) is 0 Å². The summed E-state index contributed by atoms with van der Waals surface area (Å²) in [6, 6.07) is 3.94. The number of nitrogens with one attached hydrogen (secondary N) is 2. The third-order valence-corrected chi connectivity index (χ3v) is 6.01. The van der Waals surface area contributed by atoms with Crippen LogP contribution in [0.5, 0.6) is 0 Å². The number of hydrogen-bond acceptors (Lipinski definition) is 6. The number of piperidine rings is 1. The zero-order chi connectivity index (χ0) is 22.6. The molecule has 2 atom stereocenters. The monoisotopic (exact) mass is 414 g/mol. The van der Waals surface area contributed by atoms with Crippen LogP contribution < -0.4 is 17.2 Å². The van der Waals surface area contributed by atoms with E-state index in [1.807, 2.05) is 25.8 Å². The highest BCUT2D eigenvalue weighted by atomic mass is 16.2. The number of amides is 1. The lowest BCUT2D eigenvalue weighted by Gasteiger charge is -2.44. The van der Waals surface area contributed by atoms with Gasteiger partial charge in [-0.3, -0.25) is 10.2 Å². The minimum Gasteiger partial charge on any atom is -0.394 e. The van der Waals surface area contributed by atoms with Gasteiger partial charge in [0.1, 0.15) is 17.1 Å². The number of aromatic amines is 1. The summed E-state index contributed by atoms with van der Waals surface area (Å²) in [7, 11) is 1.88. The second-order valence-electron chi connectivity index (χ2n) is 7.87. The van der Waals surface area contributed by atoms with Crippen LogP contribution >= 0.6 is 0 Å². The van der Waals surface area contributed by atoms with Gasteiger partial charge in [0, 0.05) is 37.9 Å². The van der Waals surface area contributed by atoms with Gasteiger partial charge in [0.25, 0.3) is 0 Å². The molecular weight excluding hydrogens is 380 g/mol. The molecule has 1 aliphatic heterocycles. The number of aromatic nitrogens is 1. The fraction of sp³-hybridized carbons (Fsp3) is 0.571. The topological polar surface area (TPSA) is 165 Å². The summed E-state index contributed by atoms with van der Waals surface area (Å²) in [5.74, 6) is 0.400. The maximum Gasteiger partial charge on any atom is 0.243 e. The Morgan fingerprint density at radius 1 is 1.40 bits per heavy atom. The van der Waals surface area contributed by atoms with Crippen LogP contribution in [0.25, 0.3) is 5.70 Å². The van der Waals surface area contributed by atoms with Gasteiger partial charge in [-0.2, -0.15) is 5.26 Å². The van der Waals surface area contributed by atoms with Crippen molar-refractivity contribution < 1.29 is 4.79 Å². The Morgan fingerprint density at radius 3 is 2.50 bits per heavy atom. The molecule has 2 heterocycles. The highest BCUT2D eigenvalue weighted by Gasteiger charge is 2.53. The summed E-state index contributed by atoms with van der Waals surface area (Å²) in [6.07, 6.45) is 3.79. The second-order valence-corrected chi connectivity index (χ2v) is 7.87. The molecule has 0 spiro atoms. The molecule has 164 valence electrons. The average molecular weight is 415 g/mol. The van der Waals surface area contributed by atoms with E-state index in [1.165, 1.54) is 0 Å². The van der Waals surface area contributed by atoms with Gasteiger partial charge in [0.05, 0.1) is 17.5 Å². The van der Waals surface area contributed by atoms with Crippen molar-refractivity contribution in [3.05, 3.63) is 23.5 Å². The van der Waals surface area contributed by atoms with Crippen LogP contribution in [-0.4, -0.2) is 52.7 Å². The maximum absolute atomic E-state index is 12.9. The summed E-state index contributed by atoms with van der Waals surface area (Å²) in [6.45, 7) is 7.25. The highest BCUT2D eigenvalue weighted by molar-refractivity contribution is 6.01. The fourth-order valence-electron chi connectivity index (χ4n) is 3.95. The molecule has 0 aromatic carbocycles. The minimum absolute atomic E-state index is 0.0469. The predicted molar refractivity (Wildman–Crippen MR) is 119 cm³/mol. The molecule has 2 fully saturated rings. The zero-order valence-corrected chi connectivity index (χ0v) is 18.3. The van der Waals surface area contributed by atoms with Gasteiger partial charge >= 0.3 is 0 Å². The Bertz CT molecular complexity index is 861. The molecule has 0 bridgehead atoms. The Balaban J connectivity index is 0.00000155. The molecule has 1 aromatic rings. The Morgan fingerprint density at radius 2 is 2.03 bits per heavy atom. The number of carbonyl (C=O) groups excluding carboxylic acids is 1. The van der Waals surface area contributed by atoms with E-state index >= 15 is 0 Å². The molecule has 9 nitrogen and oxygen atoms in total. The molecule has 1 saturated heterocycles. The Hall–Kier alpha value is -3.15. The van der Waals surface area contributed by atoms with Crippen molar-refractivity contribution in [2.75, 3.05) is 25.9 Å². The van der Waals surface area contributed by atoms with Crippen molar-refractivity contribution in [3.8, 4) is 6.07 Å². The number of anilines is 1. The van der Waals surface area contributed by atoms with E-state index in [9.17, 15) is 10.1 Å².